The molecule has 3 heterocycles. The summed E-state index contributed by atoms with van der Waals surface area (Å²) < 4.78 is 16.1. The van der Waals surface area contributed by atoms with Gasteiger partial charge in [-0.1, -0.05) is 127 Å². The number of benzene rings is 9. The van der Waals surface area contributed by atoms with Gasteiger partial charge in [0.25, 0.3) is 0 Å². The molecule has 3 aromatic heterocycles. The third-order valence-electron chi connectivity index (χ3n) is 11.2. The van der Waals surface area contributed by atoms with E-state index in [0.29, 0.717) is 0 Å². The monoisotopic (exact) mass is 733 g/mol. The standard InChI is InChI=1S/C52H31NO2S/c1-2-11-32(12-3-1)34-21-24-37(25-22-34)53(38-26-23-33-13-4-5-14-35(33)29-38)44-31-36(39-17-10-18-41-40-15-7-9-20-48(40)56-52(39)41)30-43-50-47(55-51(43)44)28-27-46-49(50)42-16-6-8-19-45(42)54-46/h1-31H. The van der Waals surface area contributed by atoms with Gasteiger partial charge in [-0.15, -0.1) is 11.3 Å². The number of fused-ring (bicyclic) bond motifs is 11. The van der Waals surface area contributed by atoms with Crippen molar-refractivity contribution in [2.45, 2.75) is 0 Å². The highest BCUT2D eigenvalue weighted by molar-refractivity contribution is 7.26. The number of furan rings is 2. The molecule has 0 saturated heterocycles. The summed E-state index contributed by atoms with van der Waals surface area (Å²) in [5.41, 5.74) is 11.1. The summed E-state index contributed by atoms with van der Waals surface area (Å²) in [6.07, 6.45) is 0. The smallest absolute Gasteiger partial charge is 0.159 e. The highest BCUT2D eigenvalue weighted by Gasteiger charge is 2.25. The van der Waals surface area contributed by atoms with Gasteiger partial charge in [-0.3, -0.25) is 0 Å². The molecule has 0 saturated carbocycles. The second-order valence-electron chi connectivity index (χ2n) is 14.4. The SMILES string of the molecule is c1ccc(-c2ccc(N(c3ccc4ccccc4c3)c3cc(-c4cccc5c4sc4ccccc45)cc4c3oc3ccc5oc6ccccc6c5c34)cc2)cc1. The van der Waals surface area contributed by atoms with E-state index in [1.54, 1.807) is 0 Å². The van der Waals surface area contributed by atoms with Crippen molar-refractivity contribution in [2.75, 3.05) is 4.90 Å². The van der Waals surface area contributed by atoms with Crippen LogP contribution >= 0.6 is 11.3 Å². The number of rotatable bonds is 5. The quantitative estimate of drug-likeness (QED) is 0.176. The van der Waals surface area contributed by atoms with Crippen LogP contribution in [0.1, 0.15) is 0 Å². The molecule has 4 heteroatoms. The Bertz CT molecular complexity index is 3480. The average molecular weight is 734 g/mol. The van der Waals surface area contributed by atoms with Crippen LogP contribution in [-0.4, -0.2) is 0 Å². The van der Waals surface area contributed by atoms with Crippen LogP contribution < -0.4 is 4.90 Å². The van der Waals surface area contributed by atoms with Crippen LogP contribution in [0.5, 0.6) is 0 Å². The zero-order valence-corrected chi connectivity index (χ0v) is 30.9. The molecule has 0 spiro atoms. The van der Waals surface area contributed by atoms with Gasteiger partial charge in [0.2, 0.25) is 0 Å². The van der Waals surface area contributed by atoms with E-state index >= 15 is 0 Å². The lowest BCUT2D eigenvalue weighted by molar-refractivity contribution is 0.663. The highest BCUT2D eigenvalue weighted by atomic mass is 32.1. The first-order valence-electron chi connectivity index (χ1n) is 18.9. The largest absolute Gasteiger partial charge is 0.456 e. The maximum absolute atomic E-state index is 7.06. The highest BCUT2D eigenvalue weighted by Crippen LogP contribution is 2.49. The fourth-order valence-electron chi connectivity index (χ4n) is 8.64. The first kappa shape index (κ1) is 31.2. The van der Waals surface area contributed by atoms with Crippen molar-refractivity contribution in [2.24, 2.45) is 0 Å². The third kappa shape index (κ3) is 4.76. The molecule has 3 nitrogen and oxygen atoms in total. The maximum atomic E-state index is 7.06. The van der Waals surface area contributed by atoms with Gasteiger partial charge in [0.1, 0.15) is 16.7 Å². The molecular weight excluding hydrogens is 703 g/mol. The summed E-state index contributed by atoms with van der Waals surface area (Å²) >= 11 is 1.86. The van der Waals surface area contributed by atoms with E-state index in [0.717, 1.165) is 66.5 Å². The maximum Gasteiger partial charge on any atom is 0.159 e. The third-order valence-corrected chi connectivity index (χ3v) is 12.5. The first-order chi connectivity index (χ1) is 27.7. The molecule has 0 fully saturated rings. The van der Waals surface area contributed by atoms with Crippen LogP contribution in [0.3, 0.4) is 0 Å². The predicted octanol–water partition coefficient (Wildman–Crippen LogP) is 15.8. The van der Waals surface area contributed by atoms with E-state index in [1.165, 1.54) is 47.6 Å². The van der Waals surface area contributed by atoms with E-state index in [9.17, 15) is 0 Å². The van der Waals surface area contributed by atoms with Gasteiger partial charge in [0.15, 0.2) is 5.58 Å². The molecule has 56 heavy (non-hydrogen) atoms. The van der Waals surface area contributed by atoms with E-state index in [-0.39, 0.29) is 0 Å². The van der Waals surface area contributed by atoms with Gasteiger partial charge in [0.05, 0.1) is 5.69 Å². The van der Waals surface area contributed by atoms with Gasteiger partial charge in [-0.05, 0) is 93.7 Å². The van der Waals surface area contributed by atoms with Gasteiger partial charge >= 0.3 is 0 Å². The predicted molar refractivity (Wildman–Crippen MR) is 237 cm³/mol. The molecule has 0 bridgehead atoms. The van der Waals surface area contributed by atoms with Crippen LogP contribution in [0, 0.1) is 0 Å². The van der Waals surface area contributed by atoms with Crippen LogP contribution in [0.4, 0.5) is 17.1 Å². The Hall–Kier alpha value is -7.14. The van der Waals surface area contributed by atoms with Crippen molar-refractivity contribution in [1.82, 2.24) is 0 Å². The molecule has 0 atom stereocenters. The zero-order chi connectivity index (χ0) is 36.7. The van der Waals surface area contributed by atoms with Gasteiger partial charge in [-0.2, -0.15) is 0 Å². The minimum Gasteiger partial charge on any atom is -0.456 e. The zero-order valence-electron chi connectivity index (χ0n) is 30.1. The summed E-state index contributed by atoms with van der Waals surface area (Å²) in [5.74, 6) is 0. The summed E-state index contributed by atoms with van der Waals surface area (Å²) in [5, 5.41) is 9.20. The summed E-state index contributed by atoms with van der Waals surface area (Å²) in [4.78, 5) is 2.37. The van der Waals surface area contributed by atoms with Crippen molar-refractivity contribution in [3.63, 3.8) is 0 Å². The normalized spacial score (nSPS) is 11.9. The minimum atomic E-state index is 0.824. The van der Waals surface area contributed by atoms with Gasteiger partial charge in [-0.25, -0.2) is 0 Å². The molecule has 0 aliphatic carbocycles. The molecule has 0 aliphatic rings. The Morgan fingerprint density at radius 2 is 1.07 bits per heavy atom. The Balaban J connectivity index is 1.20. The number of anilines is 3. The van der Waals surface area contributed by atoms with E-state index in [1.807, 2.05) is 29.5 Å². The number of thiophene rings is 1. The van der Waals surface area contributed by atoms with Crippen LogP contribution in [0.15, 0.2) is 197 Å². The molecule has 12 aromatic rings. The molecule has 0 aliphatic heterocycles. The van der Waals surface area contributed by atoms with E-state index < -0.39 is 0 Å². The lowest BCUT2D eigenvalue weighted by atomic mass is 9.97. The molecule has 12 rings (SSSR count). The molecule has 0 N–H and O–H groups in total. The topological polar surface area (TPSA) is 29.5 Å². The van der Waals surface area contributed by atoms with Crippen molar-refractivity contribution < 1.29 is 8.83 Å². The van der Waals surface area contributed by atoms with E-state index in [4.69, 9.17) is 8.83 Å². The average Bonchev–Trinajstić information content (AvgIpc) is 3.95. The Morgan fingerprint density at radius 1 is 0.393 bits per heavy atom. The lowest BCUT2D eigenvalue weighted by Gasteiger charge is -2.27. The fraction of sp³-hybridized carbons (Fsp3) is 0. The molecular formula is C52H31NO2S. The second-order valence-corrected chi connectivity index (χ2v) is 15.5. The summed E-state index contributed by atoms with van der Waals surface area (Å²) in [6.45, 7) is 0. The summed E-state index contributed by atoms with van der Waals surface area (Å²) in [7, 11) is 0. The Morgan fingerprint density at radius 3 is 1.95 bits per heavy atom. The minimum absolute atomic E-state index is 0.824. The molecule has 0 amide bonds. The second kappa shape index (κ2) is 12.2. The van der Waals surface area contributed by atoms with Crippen LogP contribution in [0.25, 0.3) is 97.1 Å². The molecule has 9 aromatic carbocycles. The van der Waals surface area contributed by atoms with Gasteiger partial charge < -0.3 is 13.7 Å². The van der Waals surface area contributed by atoms with Gasteiger partial charge in [0, 0.05) is 53.1 Å². The van der Waals surface area contributed by atoms with Crippen LogP contribution in [0.2, 0.25) is 0 Å². The number of nitrogens with zero attached hydrogens (tertiary/aromatic N) is 1. The Labute approximate surface area is 325 Å². The van der Waals surface area contributed by atoms with Crippen molar-refractivity contribution in [3.05, 3.63) is 188 Å². The Kier molecular flexibility index (Phi) is 6.80. The van der Waals surface area contributed by atoms with Crippen molar-refractivity contribution >= 4 is 103 Å². The van der Waals surface area contributed by atoms with E-state index in [2.05, 4.69) is 175 Å². The number of hydrogen-bond donors (Lipinski definition) is 0. The number of hydrogen-bond acceptors (Lipinski definition) is 4. The van der Waals surface area contributed by atoms with Crippen molar-refractivity contribution in [1.29, 1.82) is 0 Å². The molecule has 262 valence electrons. The molecule has 0 unspecified atom stereocenters. The van der Waals surface area contributed by atoms with Crippen LogP contribution in [-0.2, 0) is 0 Å². The number of para-hydroxylation sites is 1. The lowest BCUT2D eigenvalue weighted by Crippen LogP contribution is -2.10. The van der Waals surface area contributed by atoms with Crippen molar-refractivity contribution in [3.8, 4) is 22.3 Å². The fourth-order valence-corrected chi connectivity index (χ4v) is 9.88. The molecule has 0 radical (unpaired) electrons. The first-order valence-corrected chi connectivity index (χ1v) is 19.7. The summed E-state index contributed by atoms with van der Waals surface area (Å²) in [6, 6.07) is 67.2.